The second-order valence-electron chi connectivity index (χ2n) is 11.5. The summed E-state index contributed by atoms with van der Waals surface area (Å²) in [4.78, 5) is 41.3. The first kappa shape index (κ1) is 37.5. The summed E-state index contributed by atoms with van der Waals surface area (Å²) in [6.07, 6.45) is 3.54. The number of aromatic nitrogens is 1. The van der Waals surface area contributed by atoms with Crippen LogP contribution >= 0.6 is 7.92 Å². The highest BCUT2D eigenvalue weighted by Gasteiger charge is 2.21. The third-order valence-corrected chi connectivity index (χ3v) is 11.2. The molecule has 1 unspecified atom stereocenters. The van der Waals surface area contributed by atoms with E-state index in [1.54, 1.807) is 6.07 Å². The molecule has 0 aliphatic heterocycles. The molecule has 0 spiro atoms. The van der Waals surface area contributed by atoms with Crippen LogP contribution in [-0.2, 0) is 14.9 Å². The molecule has 0 aliphatic carbocycles. The number of pyridine rings is 1. The van der Waals surface area contributed by atoms with E-state index in [0.29, 0.717) is 24.9 Å². The molecule has 0 saturated heterocycles. The fraction of sp³-hybridized carbons (Fsp3) is 0.132. The van der Waals surface area contributed by atoms with Crippen LogP contribution in [0, 0.1) is 0 Å². The number of carbonyl (C=O) groups is 3. The van der Waals surface area contributed by atoms with Gasteiger partial charge in [0.05, 0.1) is 11.8 Å². The van der Waals surface area contributed by atoms with Crippen molar-refractivity contribution in [3.05, 3.63) is 144 Å². The molecule has 4 aromatic carbocycles. The lowest BCUT2D eigenvalue weighted by molar-refractivity contribution is -0.139. The molecule has 1 atom stereocenters. The summed E-state index contributed by atoms with van der Waals surface area (Å²) < 4.78 is 32.4. The van der Waals surface area contributed by atoms with Gasteiger partial charge in [0, 0.05) is 23.9 Å². The molecular formula is C38H36N5O7PS. The highest BCUT2D eigenvalue weighted by atomic mass is 32.2. The molecule has 14 heteroatoms. The van der Waals surface area contributed by atoms with Gasteiger partial charge in [0.2, 0.25) is 0 Å². The standard InChI is InChI=1S/C38H36N5O7PS/c44-36(27-18-21-32(22-19-27)51(30-12-3-1-4-13-30)31-14-5-2-6-15-31)39-24-10-9-16-33(38(46)47)42-37(45)29-20-23-35(40-25-29)43-41-26-28-11-7-8-17-34(28)52(48,49)50/h1-8,11-15,17-23,25-26,33H,9-10,16,24H2,(H,39,44)(H,40,43)(H,42,45)(H,46,47)(H,48,49,50)/b41-26-. The Labute approximate surface area is 302 Å². The number of carboxylic acids is 1. The molecule has 52 heavy (non-hydrogen) atoms. The lowest BCUT2D eigenvalue weighted by Gasteiger charge is -2.19. The van der Waals surface area contributed by atoms with Crippen LogP contribution in [0.4, 0.5) is 5.82 Å². The average Bonchev–Trinajstić information content (AvgIpc) is 3.15. The van der Waals surface area contributed by atoms with Crippen molar-refractivity contribution < 1.29 is 32.5 Å². The number of anilines is 1. The number of benzene rings is 4. The monoisotopic (exact) mass is 737 g/mol. The van der Waals surface area contributed by atoms with Crippen molar-refractivity contribution in [3.8, 4) is 0 Å². The molecule has 1 aromatic heterocycles. The Morgan fingerprint density at radius 2 is 1.35 bits per heavy atom. The van der Waals surface area contributed by atoms with Crippen LogP contribution in [0.5, 0.6) is 0 Å². The molecule has 266 valence electrons. The van der Waals surface area contributed by atoms with E-state index in [9.17, 15) is 32.5 Å². The van der Waals surface area contributed by atoms with Gasteiger partial charge in [0.25, 0.3) is 21.9 Å². The maximum absolute atomic E-state index is 12.9. The van der Waals surface area contributed by atoms with E-state index in [0.717, 1.165) is 5.30 Å². The second-order valence-corrected chi connectivity index (χ2v) is 15.1. The highest BCUT2D eigenvalue weighted by molar-refractivity contribution is 7.86. The average molecular weight is 738 g/mol. The Kier molecular flexibility index (Phi) is 12.9. The van der Waals surface area contributed by atoms with Crippen LogP contribution in [0.3, 0.4) is 0 Å². The lowest BCUT2D eigenvalue weighted by atomic mass is 10.1. The van der Waals surface area contributed by atoms with Gasteiger partial charge in [-0.3, -0.25) is 19.6 Å². The molecule has 0 saturated carbocycles. The van der Waals surface area contributed by atoms with Crippen LogP contribution in [0.25, 0.3) is 0 Å². The maximum atomic E-state index is 12.9. The van der Waals surface area contributed by atoms with Gasteiger partial charge in [-0.25, -0.2) is 9.78 Å². The number of carboxylic acid groups (broad SMARTS) is 1. The zero-order valence-electron chi connectivity index (χ0n) is 27.8. The Hall–Kier alpha value is -5.75. The van der Waals surface area contributed by atoms with E-state index >= 15 is 0 Å². The number of hydrogen-bond donors (Lipinski definition) is 5. The Morgan fingerprint density at radius 1 is 0.750 bits per heavy atom. The van der Waals surface area contributed by atoms with Gasteiger partial charge in [-0.2, -0.15) is 13.5 Å². The summed E-state index contributed by atoms with van der Waals surface area (Å²) in [6.45, 7) is 0.337. The number of aliphatic carboxylic acids is 1. The minimum Gasteiger partial charge on any atom is -0.480 e. The van der Waals surface area contributed by atoms with Crippen molar-refractivity contribution in [2.75, 3.05) is 12.0 Å². The molecule has 5 rings (SSSR count). The molecule has 1 heterocycles. The summed E-state index contributed by atoms with van der Waals surface area (Å²) >= 11 is 0. The van der Waals surface area contributed by atoms with Crippen LogP contribution in [0.15, 0.2) is 138 Å². The summed E-state index contributed by atoms with van der Waals surface area (Å²) in [7, 11) is -5.22. The summed E-state index contributed by atoms with van der Waals surface area (Å²) in [5.74, 6) is -1.81. The third kappa shape index (κ3) is 10.4. The van der Waals surface area contributed by atoms with Gasteiger partial charge in [0.15, 0.2) is 0 Å². The Morgan fingerprint density at radius 3 is 1.94 bits per heavy atom. The van der Waals surface area contributed by atoms with Gasteiger partial charge < -0.3 is 15.7 Å². The first-order valence-corrected chi connectivity index (χ1v) is 19.0. The van der Waals surface area contributed by atoms with E-state index < -0.39 is 36.0 Å². The zero-order chi connectivity index (χ0) is 36.9. The summed E-state index contributed by atoms with van der Waals surface area (Å²) in [5, 5.41) is 22.6. The van der Waals surface area contributed by atoms with E-state index in [4.69, 9.17) is 0 Å². The highest BCUT2D eigenvalue weighted by Crippen LogP contribution is 2.32. The topological polar surface area (TPSA) is 187 Å². The number of nitrogens with zero attached hydrogens (tertiary/aromatic N) is 2. The van der Waals surface area contributed by atoms with Crippen molar-refractivity contribution in [2.24, 2.45) is 5.10 Å². The molecule has 2 amide bonds. The Balaban J connectivity index is 1.07. The molecule has 5 N–H and O–H groups in total. The lowest BCUT2D eigenvalue weighted by Crippen LogP contribution is -2.40. The third-order valence-electron chi connectivity index (χ3n) is 7.83. The van der Waals surface area contributed by atoms with Crippen molar-refractivity contribution in [1.82, 2.24) is 15.6 Å². The van der Waals surface area contributed by atoms with Gasteiger partial charge in [0.1, 0.15) is 16.8 Å². The van der Waals surface area contributed by atoms with Crippen LogP contribution in [0.2, 0.25) is 0 Å². The van der Waals surface area contributed by atoms with Gasteiger partial charge in [-0.15, -0.1) is 0 Å². The molecule has 0 radical (unpaired) electrons. The fourth-order valence-electron chi connectivity index (χ4n) is 5.22. The number of carbonyl (C=O) groups excluding carboxylic acids is 2. The quantitative estimate of drug-likeness (QED) is 0.0323. The number of nitrogens with one attached hydrogen (secondary N) is 3. The van der Waals surface area contributed by atoms with Crippen molar-refractivity contribution in [1.29, 1.82) is 0 Å². The van der Waals surface area contributed by atoms with E-state index in [1.807, 2.05) is 60.7 Å². The zero-order valence-corrected chi connectivity index (χ0v) is 29.5. The number of rotatable bonds is 16. The molecular weight excluding hydrogens is 701 g/mol. The van der Waals surface area contributed by atoms with E-state index in [2.05, 4.69) is 50.4 Å². The molecule has 0 bridgehead atoms. The van der Waals surface area contributed by atoms with Crippen molar-refractivity contribution in [3.63, 3.8) is 0 Å². The van der Waals surface area contributed by atoms with Crippen LogP contribution < -0.4 is 32.0 Å². The first-order chi connectivity index (χ1) is 25.1. The number of amides is 2. The maximum Gasteiger partial charge on any atom is 0.326 e. The molecule has 0 fully saturated rings. The minimum absolute atomic E-state index is 0.121. The number of hydrazone groups is 1. The predicted molar refractivity (Wildman–Crippen MR) is 202 cm³/mol. The predicted octanol–water partition coefficient (Wildman–Crippen LogP) is 4.32. The van der Waals surface area contributed by atoms with Crippen LogP contribution in [0.1, 0.15) is 45.5 Å². The van der Waals surface area contributed by atoms with E-state index in [-0.39, 0.29) is 34.2 Å². The number of unbranched alkanes of at least 4 members (excludes halogenated alkanes) is 1. The van der Waals surface area contributed by atoms with Crippen molar-refractivity contribution >= 4 is 63.8 Å². The molecule has 12 nitrogen and oxygen atoms in total. The van der Waals surface area contributed by atoms with E-state index in [1.165, 1.54) is 53.4 Å². The Bertz CT molecular complexity index is 2080. The number of hydrogen-bond acceptors (Lipinski definition) is 8. The molecule has 5 aromatic rings. The van der Waals surface area contributed by atoms with Crippen LogP contribution in [-0.4, -0.2) is 59.6 Å². The molecule has 0 aliphatic rings. The van der Waals surface area contributed by atoms with Gasteiger partial charge >= 0.3 is 5.97 Å². The first-order valence-electron chi connectivity index (χ1n) is 16.2. The SMILES string of the molecule is O=C(NCCCCC(NC(=O)c1ccc(N/N=C\c2ccccc2S(=O)(=O)O)nc1)C(=O)O)c1ccc(P(c2ccccc2)c2ccccc2)cc1. The fourth-order valence-corrected chi connectivity index (χ4v) is 8.18. The summed E-state index contributed by atoms with van der Waals surface area (Å²) in [5.41, 5.74) is 3.40. The summed E-state index contributed by atoms with van der Waals surface area (Å²) in [6, 6.07) is 35.6. The van der Waals surface area contributed by atoms with Crippen molar-refractivity contribution in [2.45, 2.75) is 30.2 Å². The smallest absolute Gasteiger partial charge is 0.326 e. The second kappa shape index (κ2) is 18.0. The van der Waals surface area contributed by atoms with Gasteiger partial charge in [-0.05, 0) is 73.4 Å². The minimum atomic E-state index is -4.44. The largest absolute Gasteiger partial charge is 0.480 e. The normalized spacial score (nSPS) is 12.0. The van der Waals surface area contributed by atoms with Gasteiger partial charge in [-0.1, -0.05) is 91.0 Å².